The van der Waals surface area contributed by atoms with Crippen LogP contribution in [-0.2, 0) is 19.0 Å². The summed E-state index contributed by atoms with van der Waals surface area (Å²) < 4.78 is 0. The summed E-state index contributed by atoms with van der Waals surface area (Å²) in [4.78, 5) is 4.58. The summed E-state index contributed by atoms with van der Waals surface area (Å²) in [5, 5.41) is 10.1. The smallest absolute Gasteiger partial charge is 0.114 e. The minimum Gasteiger partial charge on any atom is -0.245 e. The highest BCUT2D eigenvalue weighted by molar-refractivity contribution is 7.98. The van der Waals surface area contributed by atoms with Crippen molar-refractivity contribution in [3.05, 3.63) is 22.4 Å². The Morgan fingerprint density at radius 1 is 1.53 bits per heavy atom. The molecule has 4 heteroatoms. The van der Waals surface area contributed by atoms with Gasteiger partial charge in [0, 0.05) is 5.69 Å². The van der Waals surface area contributed by atoms with Crippen molar-refractivity contribution in [3.63, 3.8) is 0 Å². The van der Waals surface area contributed by atoms with Crippen LogP contribution in [0.4, 0.5) is 0 Å². The lowest BCUT2D eigenvalue weighted by molar-refractivity contribution is 0.891. The van der Waals surface area contributed by atoms with Crippen LogP contribution >= 0.6 is 21.0 Å². The van der Waals surface area contributed by atoms with Crippen molar-refractivity contribution >= 4 is 21.0 Å². The van der Waals surface area contributed by atoms with E-state index in [2.05, 4.69) is 20.3 Å². The molecule has 0 bridgehead atoms. The van der Waals surface area contributed by atoms with Crippen LogP contribution in [0.1, 0.15) is 28.8 Å². The van der Waals surface area contributed by atoms with E-state index < -0.39 is 0 Å². The Morgan fingerprint density at radius 2 is 2.33 bits per heavy atom. The molecule has 15 heavy (non-hydrogen) atoms. The highest BCUT2D eigenvalue weighted by Crippen LogP contribution is 2.32. The first-order chi connectivity index (χ1) is 7.31. The van der Waals surface area contributed by atoms with Gasteiger partial charge in [-0.3, -0.25) is 0 Å². The molecule has 0 aromatic carbocycles. The summed E-state index contributed by atoms with van der Waals surface area (Å²) >= 11 is 1.57. The number of rotatable bonds is 2. The zero-order valence-corrected chi connectivity index (χ0v) is 10.7. The third-order valence-electron chi connectivity index (χ3n) is 2.81. The van der Waals surface area contributed by atoms with Gasteiger partial charge in [0.1, 0.15) is 11.1 Å². The van der Waals surface area contributed by atoms with Crippen LogP contribution < -0.4 is 0 Å². The van der Waals surface area contributed by atoms with Crippen LogP contribution in [0.2, 0.25) is 0 Å². The molecular formula is C11H13N2PS. The Bertz CT molecular complexity index is 437. The number of hydrogen-bond donors (Lipinski definition) is 0. The van der Waals surface area contributed by atoms with Gasteiger partial charge in [-0.1, -0.05) is 0 Å². The SMILES string of the molecule is CSc1nc2c(c(CP)c1C#N)CCC2. The van der Waals surface area contributed by atoms with Gasteiger partial charge in [0.2, 0.25) is 0 Å². The molecule has 0 amide bonds. The van der Waals surface area contributed by atoms with Gasteiger partial charge in [0.15, 0.2) is 0 Å². The third-order valence-corrected chi connectivity index (χ3v) is 3.90. The van der Waals surface area contributed by atoms with E-state index in [4.69, 9.17) is 0 Å². The quantitative estimate of drug-likeness (QED) is 0.585. The summed E-state index contributed by atoms with van der Waals surface area (Å²) in [6, 6.07) is 2.30. The van der Waals surface area contributed by atoms with Gasteiger partial charge >= 0.3 is 0 Å². The van der Waals surface area contributed by atoms with Crippen LogP contribution in [0.15, 0.2) is 5.03 Å². The van der Waals surface area contributed by atoms with Gasteiger partial charge in [0.05, 0.1) is 5.56 Å². The summed E-state index contributed by atoms with van der Waals surface area (Å²) in [6.45, 7) is 0. The largest absolute Gasteiger partial charge is 0.245 e. The van der Waals surface area contributed by atoms with E-state index in [-0.39, 0.29) is 0 Å². The molecule has 0 aliphatic heterocycles. The molecule has 0 spiro atoms. The molecule has 1 atom stereocenters. The zero-order valence-electron chi connectivity index (χ0n) is 8.71. The van der Waals surface area contributed by atoms with Gasteiger partial charge in [-0.2, -0.15) is 5.26 Å². The van der Waals surface area contributed by atoms with Crippen molar-refractivity contribution < 1.29 is 0 Å². The second kappa shape index (κ2) is 4.51. The van der Waals surface area contributed by atoms with E-state index in [1.807, 2.05) is 6.26 Å². The van der Waals surface area contributed by atoms with E-state index in [1.54, 1.807) is 11.8 Å². The van der Waals surface area contributed by atoms with E-state index in [0.29, 0.717) is 0 Å². The number of thioether (sulfide) groups is 1. The fraction of sp³-hybridized carbons (Fsp3) is 0.455. The molecule has 1 heterocycles. The number of hydrogen-bond acceptors (Lipinski definition) is 3. The Morgan fingerprint density at radius 3 is 2.93 bits per heavy atom. The predicted molar refractivity (Wildman–Crippen MR) is 66.2 cm³/mol. The number of nitrogens with zero attached hydrogens (tertiary/aromatic N) is 2. The highest BCUT2D eigenvalue weighted by atomic mass is 32.2. The molecular weight excluding hydrogens is 223 g/mol. The Hall–Kier alpha value is -0.580. The lowest BCUT2D eigenvalue weighted by Crippen LogP contribution is -2.01. The van der Waals surface area contributed by atoms with Crippen LogP contribution in [0.5, 0.6) is 0 Å². The fourth-order valence-corrected chi connectivity index (χ4v) is 3.15. The van der Waals surface area contributed by atoms with Crippen LogP contribution in [0.3, 0.4) is 0 Å². The molecule has 0 radical (unpaired) electrons. The molecule has 2 rings (SSSR count). The Kier molecular flexibility index (Phi) is 3.29. The maximum atomic E-state index is 9.18. The summed E-state index contributed by atoms with van der Waals surface area (Å²) in [7, 11) is 2.73. The second-order valence-corrected chi connectivity index (χ2v) is 4.77. The van der Waals surface area contributed by atoms with Crippen molar-refractivity contribution in [1.82, 2.24) is 4.98 Å². The van der Waals surface area contributed by atoms with Crippen LogP contribution in [-0.4, -0.2) is 11.2 Å². The van der Waals surface area contributed by atoms with Gasteiger partial charge in [-0.15, -0.1) is 21.0 Å². The molecule has 1 unspecified atom stereocenters. The molecule has 0 saturated heterocycles. The molecule has 1 aromatic heterocycles. The van der Waals surface area contributed by atoms with Crippen molar-refractivity contribution in [2.45, 2.75) is 30.5 Å². The van der Waals surface area contributed by atoms with E-state index in [0.717, 1.165) is 29.6 Å². The lowest BCUT2D eigenvalue weighted by atomic mass is 10.0. The van der Waals surface area contributed by atoms with E-state index in [9.17, 15) is 5.26 Å². The third kappa shape index (κ3) is 1.77. The molecule has 78 valence electrons. The lowest BCUT2D eigenvalue weighted by Gasteiger charge is -2.11. The molecule has 1 aromatic rings. The van der Waals surface area contributed by atoms with Crippen molar-refractivity contribution in [2.24, 2.45) is 0 Å². The molecule has 1 aliphatic rings. The minimum atomic E-state index is 0.790. The van der Waals surface area contributed by atoms with E-state index in [1.165, 1.54) is 23.2 Å². The summed E-state index contributed by atoms with van der Waals surface area (Å²) in [5.41, 5.74) is 4.54. The van der Waals surface area contributed by atoms with Crippen molar-refractivity contribution in [2.75, 3.05) is 6.26 Å². The monoisotopic (exact) mass is 236 g/mol. The first-order valence-corrected chi connectivity index (χ1v) is 7.04. The number of aromatic nitrogens is 1. The Labute approximate surface area is 96.7 Å². The second-order valence-electron chi connectivity index (χ2n) is 3.57. The topological polar surface area (TPSA) is 36.7 Å². The highest BCUT2D eigenvalue weighted by Gasteiger charge is 2.21. The number of nitriles is 1. The summed E-state index contributed by atoms with van der Waals surface area (Å²) in [6.07, 6.45) is 6.20. The number of aryl methyl sites for hydroxylation is 1. The first kappa shape index (κ1) is 10.9. The van der Waals surface area contributed by atoms with Crippen molar-refractivity contribution in [1.29, 1.82) is 5.26 Å². The predicted octanol–water partition coefficient (Wildman–Crippen LogP) is 2.54. The van der Waals surface area contributed by atoms with Gasteiger partial charge in [0.25, 0.3) is 0 Å². The van der Waals surface area contributed by atoms with Gasteiger partial charge < -0.3 is 0 Å². The number of fused-ring (bicyclic) bond motifs is 1. The van der Waals surface area contributed by atoms with Crippen molar-refractivity contribution in [3.8, 4) is 6.07 Å². The molecule has 2 nitrogen and oxygen atoms in total. The Balaban J connectivity index is 2.68. The van der Waals surface area contributed by atoms with Gasteiger partial charge in [-0.25, -0.2) is 4.98 Å². The average Bonchev–Trinajstić information content (AvgIpc) is 2.73. The standard InChI is InChI=1S/C11H13N2PS/c1-15-11-8(5-12)9(6-14)7-3-2-4-10(7)13-11/h2-4,6,14H2,1H3. The van der Waals surface area contributed by atoms with Crippen LogP contribution in [0, 0.1) is 11.3 Å². The molecule has 0 saturated carbocycles. The zero-order chi connectivity index (χ0) is 10.8. The molecule has 0 N–H and O–H groups in total. The maximum absolute atomic E-state index is 9.18. The van der Waals surface area contributed by atoms with E-state index >= 15 is 0 Å². The fourth-order valence-electron chi connectivity index (χ4n) is 2.12. The normalized spacial score (nSPS) is 13.7. The number of pyridine rings is 1. The van der Waals surface area contributed by atoms with Gasteiger partial charge in [-0.05, 0) is 42.8 Å². The molecule has 1 aliphatic carbocycles. The summed E-state index contributed by atoms with van der Waals surface area (Å²) in [5.74, 6) is 0. The minimum absolute atomic E-state index is 0.790. The maximum Gasteiger partial charge on any atom is 0.114 e. The average molecular weight is 236 g/mol. The van der Waals surface area contributed by atoms with Crippen LogP contribution in [0.25, 0.3) is 0 Å². The first-order valence-electron chi connectivity index (χ1n) is 5.00. The molecule has 0 fully saturated rings.